The minimum absolute atomic E-state index is 0.196. The molecule has 0 radical (unpaired) electrons. The maximum atomic E-state index is 5.77. The first-order valence-corrected chi connectivity index (χ1v) is 5.88. The first-order valence-electron chi connectivity index (χ1n) is 5.88. The molecule has 0 heterocycles. The van der Waals surface area contributed by atoms with Gasteiger partial charge >= 0.3 is 0 Å². The standard InChI is InChI=1S/C13H23N3O/c1-16(2)12-6-4-11(5-7-12)13(10-14)15-8-9-17-3/h4-7,13,15H,8-10,14H2,1-3H3. The van der Waals surface area contributed by atoms with Gasteiger partial charge in [0, 0.05) is 46.0 Å². The molecule has 0 amide bonds. The molecule has 1 aromatic carbocycles. The van der Waals surface area contributed by atoms with Gasteiger partial charge in [0.15, 0.2) is 0 Å². The first kappa shape index (κ1) is 14.0. The highest BCUT2D eigenvalue weighted by Crippen LogP contribution is 2.17. The Bertz CT molecular complexity index is 311. The third kappa shape index (κ3) is 4.34. The van der Waals surface area contributed by atoms with Crippen LogP contribution >= 0.6 is 0 Å². The maximum absolute atomic E-state index is 5.77. The van der Waals surface area contributed by atoms with E-state index in [9.17, 15) is 0 Å². The topological polar surface area (TPSA) is 50.5 Å². The molecule has 96 valence electrons. The van der Waals surface area contributed by atoms with Crippen LogP contribution in [-0.4, -0.2) is 40.9 Å². The van der Waals surface area contributed by atoms with Gasteiger partial charge in [-0.3, -0.25) is 0 Å². The molecule has 0 aliphatic heterocycles. The molecule has 0 aromatic heterocycles. The Morgan fingerprint density at radius 2 is 1.94 bits per heavy atom. The van der Waals surface area contributed by atoms with E-state index in [2.05, 4.69) is 34.5 Å². The van der Waals surface area contributed by atoms with E-state index in [-0.39, 0.29) is 6.04 Å². The average Bonchev–Trinajstić information content (AvgIpc) is 2.35. The summed E-state index contributed by atoms with van der Waals surface area (Å²) in [6, 6.07) is 8.65. The van der Waals surface area contributed by atoms with Gasteiger partial charge in [0.1, 0.15) is 0 Å². The van der Waals surface area contributed by atoms with Gasteiger partial charge in [-0.05, 0) is 17.7 Å². The molecule has 0 aliphatic carbocycles. The van der Waals surface area contributed by atoms with Crippen LogP contribution in [0.25, 0.3) is 0 Å². The van der Waals surface area contributed by atoms with E-state index in [1.54, 1.807) is 7.11 Å². The van der Waals surface area contributed by atoms with E-state index in [0.717, 1.165) is 6.54 Å². The van der Waals surface area contributed by atoms with E-state index in [0.29, 0.717) is 13.2 Å². The van der Waals surface area contributed by atoms with Crippen molar-refractivity contribution < 1.29 is 4.74 Å². The van der Waals surface area contributed by atoms with Crippen molar-refractivity contribution >= 4 is 5.69 Å². The van der Waals surface area contributed by atoms with Gasteiger partial charge in [0.25, 0.3) is 0 Å². The van der Waals surface area contributed by atoms with E-state index in [4.69, 9.17) is 10.5 Å². The molecule has 1 rings (SSSR count). The number of benzene rings is 1. The number of hydrogen-bond donors (Lipinski definition) is 2. The van der Waals surface area contributed by atoms with Crippen LogP contribution in [0.4, 0.5) is 5.69 Å². The third-order valence-corrected chi connectivity index (χ3v) is 2.74. The quantitative estimate of drug-likeness (QED) is 0.694. The molecule has 0 spiro atoms. The second kappa shape index (κ2) is 7.27. The SMILES string of the molecule is COCCNC(CN)c1ccc(N(C)C)cc1. The largest absolute Gasteiger partial charge is 0.383 e. The second-order valence-electron chi connectivity index (χ2n) is 4.22. The van der Waals surface area contributed by atoms with Gasteiger partial charge in [-0.2, -0.15) is 0 Å². The fourth-order valence-electron chi connectivity index (χ4n) is 1.68. The molecule has 0 bridgehead atoms. The molecular weight excluding hydrogens is 214 g/mol. The molecular formula is C13H23N3O. The zero-order chi connectivity index (χ0) is 12.7. The molecule has 0 aliphatic rings. The minimum Gasteiger partial charge on any atom is -0.383 e. The number of nitrogens with two attached hydrogens (primary N) is 1. The lowest BCUT2D eigenvalue weighted by Gasteiger charge is -2.19. The smallest absolute Gasteiger partial charge is 0.0587 e. The summed E-state index contributed by atoms with van der Waals surface area (Å²) in [5, 5.41) is 3.37. The van der Waals surface area contributed by atoms with Gasteiger partial charge in [0.2, 0.25) is 0 Å². The Balaban J connectivity index is 2.62. The van der Waals surface area contributed by atoms with Crippen molar-refractivity contribution in [2.75, 3.05) is 45.8 Å². The van der Waals surface area contributed by atoms with Crippen LogP contribution in [0.15, 0.2) is 24.3 Å². The van der Waals surface area contributed by atoms with Crippen LogP contribution < -0.4 is 16.0 Å². The van der Waals surface area contributed by atoms with Crippen molar-refractivity contribution in [3.63, 3.8) is 0 Å². The summed E-state index contributed by atoms with van der Waals surface area (Å²) in [4.78, 5) is 2.08. The Labute approximate surface area is 104 Å². The fraction of sp³-hybridized carbons (Fsp3) is 0.538. The summed E-state index contributed by atoms with van der Waals surface area (Å²) in [6.45, 7) is 2.10. The lowest BCUT2D eigenvalue weighted by Crippen LogP contribution is -2.30. The first-order chi connectivity index (χ1) is 8.19. The number of nitrogens with one attached hydrogen (secondary N) is 1. The number of rotatable bonds is 7. The lowest BCUT2D eigenvalue weighted by molar-refractivity contribution is 0.196. The number of ether oxygens (including phenoxy) is 1. The van der Waals surface area contributed by atoms with Gasteiger partial charge in [-0.25, -0.2) is 0 Å². The number of nitrogens with zero attached hydrogens (tertiary/aromatic N) is 1. The van der Waals surface area contributed by atoms with E-state index in [1.807, 2.05) is 14.1 Å². The lowest BCUT2D eigenvalue weighted by atomic mass is 10.1. The molecule has 1 atom stereocenters. The fourth-order valence-corrected chi connectivity index (χ4v) is 1.68. The highest BCUT2D eigenvalue weighted by molar-refractivity contribution is 5.46. The van der Waals surface area contributed by atoms with Gasteiger partial charge < -0.3 is 20.7 Å². The van der Waals surface area contributed by atoms with E-state index in [1.165, 1.54) is 11.3 Å². The van der Waals surface area contributed by atoms with Gasteiger partial charge in [0.05, 0.1) is 6.61 Å². The summed E-state index contributed by atoms with van der Waals surface area (Å²) in [5.74, 6) is 0. The predicted molar refractivity (Wildman–Crippen MR) is 72.4 cm³/mol. The Hall–Kier alpha value is -1.10. The normalized spacial score (nSPS) is 12.5. The Morgan fingerprint density at radius 1 is 1.29 bits per heavy atom. The molecule has 1 aromatic rings. The summed E-state index contributed by atoms with van der Waals surface area (Å²) in [6.07, 6.45) is 0. The molecule has 3 N–H and O–H groups in total. The maximum Gasteiger partial charge on any atom is 0.0587 e. The molecule has 0 fully saturated rings. The van der Waals surface area contributed by atoms with Crippen molar-refractivity contribution in [2.45, 2.75) is 6.04 Å². The average molecular weight is 237 g/mol. The van der Waals surface area contributed by atoms with Crippen LogP contribution in [-0.2, 0) is 4.74 Å². The Kier molecular flexibility index (Phi) is 5.97. The van der Waals surface area contributed by atoms with Crippen molar-refractivity contribution in [1.29, 1.82) is 0 Å². The zero-order valence-electron chi connectivity index (χ0n) is 10.9. The Morgan fingerprint density at radius 3 is 2.41 bits per heavy atom. The van der Waals surface area contributed by atoms with Crippen molar-refractivity contribution in [3.8, 4) is 0 Å². The monoisotopic (exact) mass is 237 g/mol. The highest BCUT2D eigenvalue weighted by Gasteiger charge is 2.08. The van der Waals surface area contributed by atoms with Crippen LogP contribution in [0.1, 0.15) is 11.6 Å². The molecule has 4 nitrogen and oxygen atoms in total. The number of hydrogen-bond acceptors (Lipinski definition) is 4. The van der Waals surface area contributed by atoms with Crippen LogP contribution in [0.2, 0.25) is 0 Å². The molecule has 4 heteroatoms. The molecule has 0 saturated carbocycles. The summed E-state index contributed by atoms with van der Waals surface area (Å²) >= 11 is 0. The summed E-state index contributed by atoms with van der Waals surface area (Å²) in [7, 11) is 5.77. The van der Waals surface area contributed by atoms with Gasteiger partial charge in [-0.1, -0.05) is 12.1 Å². The molecule has 0 saturated heterocycles. The highest BCUT2D eigenvalue weighted by atomic mass is 16.5. The van der Waals surface area contributed by atoms with Crippen LogP contribution in [0.3, 0.4) is 0 Å². The summed E-state index contributed by atoms with van der Waals surface area (Å²) in [5.41, 5.74) is 8.18. The number of methoxy groups -OCH3 is 1. The van der Waals surface area contributed by atoms with E-state index >= 15 is 0 Å². The van der Waals surface area contributed by atoms with Crippen molar-refractivity contribution in [2.24, 2.45) is 5.73 Å². The third-order valence-electron chi connectivity index (χ3n) is 2.74. The van der Waals surface area contributed by atoms with E-state index < -0.39 is 0 Å². The molecule has 1 unspecified atom stereocenters. The van der Waals surface area contributed by atoms with Crippen LogP contribution in [0.5, 0.6) is 0 Å². The minimum atomic E-state index is 0.196. The van der Waals surface area contributed by atoms with Crippen LogP contribution in [0, 0.1) is 0 Å². The zero-order valence-corrected chi connectivity index (χ0v) is 10.9. The number of anilines is 1. The summed E-state index contributed by atoms with van der Waals surface area (Å²) < 4.78 is 5.01. The predicted octanol–water partition coefficient (Wildman–Crippen LogP) is 0.988. The van der Waals surface area contributed by atoms with Gasteiger partial charge in [-0.15, -0.1) is 0 Å². The van der Waals surface area contributed by atoms with Crippen molar-refractivity contribution in [1.82, 2.24) is 5.32 Å². The molecule has 17 heavy (non-hydrogen) atoms. The second-order valence-corrected chi connectivity index (χ2v) is 4.22. The van der Waals surface area contributed by atoms with Crippen molar-refractivity contribution in [3.05, 3.63) is 29.8 Å².